The van der Waals surface area contributed by atoms with Crippen molar-refractivity contribution in [1.82, 2.24) is 0 Å². The van der Waals surface area contributed by atoms with Crippen molar-refractivity contribution in [2.24, 2.45) is 0 Å². The highest BCUT2D eigenvalue weighted by Gasteiger charge is 2.15. The molecule has 0 aliphatic heterocycles. The Balaban J connectivity index is 2.24. The van der Waals surface area contributed by atoms with Gasteiger partial charge >= 0.3 is 0 Å². The molecule has 110 valence electrons. The monoisotopic (exact) mass is 369 g/mol. The number of alkyl halides is 1. The minimum absolute atomic E-state index is 0.00639. The van der Waals surface area contributed by atoms with Crippen molar-refractivity contribution >= 4 is 33.2 Å². The smallest absolute Gasteiger partial charge is 0.276 e. The molecule has 0 N–H and O–H groups in total. The second kappa shape index (κ2) is 6.91. The maximum Gasteiger partial charge on any atom is 0.276 e. The lowest BCUT2D eigenvalue weighted by atomic mass is 10.1. The van der Waals surface area contributed by atoms with Crippen LogP contribution in [0.5, 0.6) is 5.75 Å². The maximum atomic E-state index is 11.0. The van der Waals surface area contributed by atoms with Crippen LogP contribution >= 0.6 is 27.5 Å². The van der Waals surface area contributed by atoms with Crippen LogP contribution < -0.4 is 4.74 Å². The van der Waals surface area contributed by atoms with Crippen LogP contribution in [0.15, 0.2) is 36.4 Å². The number of aryl methyl sites for hydroxylation is 1. The fraction of sp³-hybridized carbons (Fsp3) is 0.200. The summed E-state index contributed by atoms with van der Waals surface area (Å²) < 4.78 is 5.72. The lowest BCUT2D eigenvalue weighted by molar-refractivity contribution is -0.385. The zero-order valence-corrected chi connectivity index (χ0v) is 13.6. The molecule has 0 atom stereocenters. The fourth-order valence-electron chi connectivity index (χ4n) is 1.96. The largest absolute Gasteiger partial charge is 0.488 e. The molecule has 0 fully saturated rings. The van der Waals surface area contributed by atoms with Crippen molar-refractivity contribution in [3.05, 3.63) is 68.2 Å². The summed E-state index contributed by atoms with van der Waals surface area (Å²) in [6, 6.07) is 10.3. The second-order valence-electron chi connectivity index (χ2n) is 4.56. The van der Waals surface area contributed by atoms with Crippen molar-refractivity contribution < 1.29 is 9.66 Å². The summed E-state index contributed by atoms with van der Waals surface area (Å²) in [5, 5.41) is 12.1. The quantitative estimate of drug-likeness (QED) is 0.421. The summed E-state index contributed by atoms with van der Waals surface area (Å²) >= 11 is 9.31. The normalized spacial score (nSPS) is 10.4. The van der Waals surface area contributed by atoms with Gasteiger partial charge in [-0.1, -0.05) is 45.2 Å². The number of hydrogen-bond acceptors (Lipinski definition) is 3. The molecule has 0 aliphatic rings. The first-order chi connectivity index (χ1) is 10.0. The van der Waals surface area contributed by atoms with Gasteiger partial charge in [-0.25, -0.2) is 0 Å². The van der Waals surface area contributed by atoms with E-state index >= 15 is 0 Å². The van der Waals surface area contributed by atoms with E-state index in [1.54, 1.807) is 6.07 Å². The van der Waals surface area contributed by atoms with Crippen LogP contribution in [0.25, 0.3) is 0 Å². The van der Waals surface area contributed by atoms with Gasteiger partial charge in [0.1, 0.15) is 12.4 Å². The second-order valence-corrected chi connectivity index (χ2v) is 5.56. The van der Waals surface area contributed by atoms with Gasteiger partial charge in [-0.2, -0.15) is 0 Å². The molecule has 0 bridgehead atoms. The van der Waals surface area contributed by atoms with Gasteiger partial charge in [-0.3, -0.25) is 10.1 Å². The molecule has 0 radical (unpaired) electrons. The molecule has 0 saturated heterocycles. The summed E-state index contributed by atoms with van der Waals surface area (Å²) in [6.45, 7) is 2.09. The van der Waals surface area contributed by atoms with E-state index in [1.807, 2.05) is 25.1 Å². The Morgan fingerprint density at radius 2 is 2.00 bits per heavy atom. The highest BCUT2D eigenvalue weighted by Crippen LogP contribution is 2.27. The summed E-state index contributed by atoms with van der Waals surface area (Å²) in [6.07, 6.45) is 0. The first-order valence-electron chi connectivity index (χ1n) is 6.22. The fourth-order valence-corrected chi connectivity index (χ4v) is 2.59. The van der Waals surface area contributed by atoms with Gasteiger partial charge in [0.2, 0.25) is 0 Å². The van der Waals surface area contributed by atoms with Crippen LogP contribution in [-0.4, -0.2) is 4.92 Å². The highest BCUT2D eigenvalue weighted by molar-refractivity contribution is 9.08. The zero-order valence-electron chi connectivity index (χ0n) is 11.3. The summed E-state index contributed by atoms with van der Waals surface area (Å²) in [4.78, 5) is 10.6. The van der Waals surface area contributed by atoms with Crippen LogP contribution in [0, 0.1) is 17.0 Å². The molecule has 0 heterocycles. The maximum absolute atomic E-state index is 11.0. The molecule has 21 heavy (non-hydrogen) atoms. The van der Waals surface area contributed by atoms with Crippen LogP contribution in [-0.2, 0) is 11.9 Å². The van der Waals surface area contributed by atoms with Crippen LogP contribution in [0.3, 0.4) is 0 Å². The van der Waals surface area contributed by atoms with Crippen LogP contribution in [0.4, 0.5) is 5.69 Å². The van der Waals surface area contributed by atoms with Crippen molar-refractivity contribution in [2.45, 2.75) is 18.9 Å². The Kier molecular flexibility index (Phi) is 5.20. The Hall–Kier alpha value is -1.59. The number of halogens is 2. The van der Waals surface area contributed by atoms with E-state index in [9.17, 15) is 10.1 Å². The van der Waals surface area contributed by atoms with Gasteiger partial charge in [0.05, 0.1) is 10.5 Å². The number of benzene rings is 2. The van der Waals surface area contributed by atoms with E-state index in [2.05, 4.69) is 15.9 Å². The van der Waals surface area contributed by atoms with E-state index in [0.29, 0.717) is 21.7 Å². The number of hydrogen-bond donors (Lipinski definition) is 0. The van der Waals surface area contributed by atoms with E-state index in [-0.39, 0.29) is 12.3 Å². The van der Waals surface area contributed by atoms with Crippen LogP contribution in [0.2, 0.25) is 5.02 Å². The molecule has 4 nitrogen and oxygen atoms in total. The summed E-state index contributed by atoms with van der Waals surface area (Å²) in [5.41, 5.74) is 2.59. The summed E-state index contributed by atoms with van der Waals surface area (Å²) in [5.74, 6) is 0.701. The molecule has 0 unspecified atom stereocenters. The van der Waals surface area contributed by atoms with Gasteiger partial charge in [-0.15, -0.1) is 0 Å². The molecule has 2 aromatic carbocycles. The number of nitrogens with zero attached hydrogens (tertiary/aromatic N) is 1. The van der Waals surface area contributed by atoms with E-state index in [1.165, 1.54) is 12.1 Å². The van der Waals surface area contributed by atoms with Crippen molar-refractivity contribution in [2.75, 3.05) is 0 Å². The van der Waals surface area contributed by atoms with Crippen molar-refractivity contribution in [3.63, 3.8) is 0 Å². The molecular weight excluding hydrogens is 358 g/mol. The van der Waals surface area contributed by atoms with Crippen LogP contribution in [0.1, 0.15) is 16.7 Å². The minimum Gasteiger partial charge on any atom is -0.488 e. The molecule has 2 aromatic rings. The lowest BCUT2D eigenvalue weighted by Crippen LogP contribution is -2.02. The standard InChI is InChI=1S/C15H13BrClNO3/c1-10-2-5-15(11(6-10)8-16)21-9-12-7-13(17)3-4-14(12)18(19)20/h2-7H,8-9H2,1H3. The Bertz CT molecular complexity index is 676. The summed E-state index contributed by atoms with van der Waals surface area (Å²) in [7, 11) is 0. The topological polar surface area (TPSA) is 52.4 Å². The third kappa shape index (κ3) is 3.95. The van der Waals surface area contributed by atoms with Gasteiger partial charge in [-0.05, 0) is 25.1 Å². The third-order valence-corrected chi connectivity index (χ3v) is 3.82. The molecular formula is C15H13BrClNO3. The van der Waals surface area contributed by atoms with Crippen molar-refractivity contribution in [3.8, 4) is 5.75 Å². The van der Waals surface area contributed by atoms with Crippen molar-refractivity contribution in [1.29, 1.82) is 0 Å². The minimum atomic E-state index is -0.435. The first kappa shape index (κ1) is 15.8. The molecule has 0 saturated carbocycles. The number of rotatable bonds is 5. The van der Waals surface area contributed by atoms with Gasteiger partial charge < -0.3 is 4.74 Å². The molecule has 0 aliphatic carbocycles. The Morgan fingerprint density at radius 3 is 2.67 bits per heavy atom. The number of ether oxygens (including phenoxy) is 1. The molecule has 0 amide bonds. The molecule has 6 heteroatoms. The predicted molar refractivity (Wildman–Crippen MR) is 86.2 cm³/mol. The van der Waals surface area contributed by atoms with E-state index in [4.69, 9.17) is 16.3 Å². The number of nitro benzene ring substituents is 1. The van der Waals surface area contributed by atoms with Gasteiger partial charge in [0.25, 0.3) is 5.69 Å². The van der Waals surface area contributed by atoms with Gasteiger partial charge in [0.15, 0.2) is 0 Å². The zero-order chi connectivity index (χ0) is 15.4. The molecule has 0 aromatic heterocycles. The average molecular weight is 371 g/mol. The van der Waals surface area contributed by atoms with Gasteiger partial charge in [0, 0.05) is 22.0 Å². The average Bonchev–Trinajstić information content (AvgIpc) is 2.45. The van der Waals surface area contributed by atoms with E-state index in [0.717, 1.165) is 11.1 Å². The predicted octanol–water partition coefficient (Wildman–Crippen LogP) is 5.03. The highest BCUT2D eigenvalue weighted by atomic mass is 79.9. The van der Waals surface area contributed by atoms with E-state index < -0.39 is 4.92 Å². The number of nitro groups is 1. The first-order valence-corrected chi connectivity index (χ1v) is 7.72. The molecule has 0 spiro atoms. The SMILES string of the molecule is Cc1ccc(OCc2cc(Cl)ccc2[N+](=O)[O-])c(CBr)c1. The Labute approximate surface area is 136 Å². The Morgan fingerprint density at radius 1 is 1.24 bits per heavy atom. The molecule has 2 rings (SSSR count). The third-order valence-electron chi connectivity index (χ3n) is 2.98. The lowest BCUT2D eigenvalue weighted by Gasteiger charge is -2.11.